The highest BCUT2D eigenvalue weighted by Gasteiger charge is 2.07. The predicted molar refractivity (Wildman–Crippen MR) is 113 cm³/mol. The summed E-state index contributed by atoms with van der Waals surface area (Å²) in [5.41, 5.74) is 5.21. The molecule has 0 bridgehead atoms. The zero-order chi connectivity index (χ0) is 19.6. The van der Waals surface area contributed by atoms with Gasteiger partial charge in [0.15, 0.2) is 0 Å². The van der Waals surface area contributed by atoms with Crippen molar-refractivity contribution in [3.63, 3.8) is 0 Å². The van der Waals surface area contributed by atoms with Crippen LogP contribution in [0.5, 0.6) is 0 Å². The molecule has 0 spiro atoms. The van der Waals surface area contributed by atoms with E-state index in [9.17, 15) is 8.42 Å². The number of fused-ring (bicyclic) bond motifs is 1. The highest BCUT2D eigenvalue weighted by Crippen LogP contribution is 2.30. The van der Waals surface area contributed by atoms with Crippen LogP contribution in [0, 0.1) is 0 Å². The summed E-state index contributed by atoms with van der Waals surface area (Å²) in [7, 11) is -3.29. The van der Waals surface area contributed by atoms with Crippen molar-refractivity contribution in [3.8, 4) is 11.1 Å². The first-order valence-electron chi connectivity index (χ1n) is 8.62. The molecule has 28 heavy (non-hydrogen) atoms. The van der Waals surface area contributed by atoms with Crippen LogP contribution in [-0.2, 0) is 10.0 Å². The van der Waals surface area contributed by atoms with E-state index in [0.717, 1.165) is 39.7 Å². The Labute approximate surface area is 163 Å². The van der Waals surface area contributed by atoms with Gasteiger partial charge in [0, 0.05) is 46.6 Å². The van der Waals surface area contributed by atoms with E-state index in [4.69, 9.17) is 0 Å². The van der Waals surface area contributed by atoms with Gasteiger partial charge in [0.1, 0.15) is 0 Å². The Balaban J connectivity index is 1.70. The Morgan fingerprint density at radius 3 is 2.32 bits per heavy atom. The first-order valence-corrected chi connectivity index (χ1v) is 10.5. The van der Waals surface area contributed by atoms with Gasteiger partial charge in [-0.05, 0) is 48.0 Å². The van der Waals surface area contributed by atoms with Crippen molar-refractivity contribution < 1.29 is 8.42 Å². The van der Waals surface area contributed by atoms with Crippen LogP contribution in [0.15, 0.2) is 79.3 Å². The lowest BCUT2D eigenvalue weighted by atomic mass is 10.0. The summed E-state index contributed by atoms with van der Waals surface area (Å²) in [5, 5.41) is 4.40. The zero-order valence-electron chi connectivity index (χ0n) is 15.1. The molecule has 0 radical (unpaired) electrons. The molecule has 0 aliphatic heterocycles. The molecule has 0 amide bonds. The highest BCUT2D eigenvalue weighted by molar-refractivity contribution is 7.92. The molecular weight excluding hydrogens is 372 g/mol. The second-order valence-electron chi connectivity index (χ2n) is 6.41. The first-order chi connectivity index (χ1) is 13.5. The zero-order valence-corrected chi connectivity index (χ0v) is 15.9. The lowest BCUT2D eigenvalue weighted by Gasteiger charge is -2.11. The maximum Gasteiger partial charge on any atom is 0.229 e. The summed E-state index contributed by atoms with van der Waals surface area (Å²) < 4.78 is 25.2. The number of benzene rings is 2. The average molecular weight is 390 g/mol. The third-order valence-electron chi connectivity index (χ3n) is 4.21. The van der Waals surface area contributed by atoms with Crippen LogP contribution in [0.1, 0.15) is 0 Å². The molecule has 7 heteroatoms. The molecule has 2 aromatic heterocycles. The molecule has 2 heterocycles. The van der Waals surface area contributed by atoms with Gasteiger partial charge in [-0.25, -0.2) is 8.42 Å². The Morgan fingerprint density at radius 2 is 1.61 bits per heavy atom. The van der Waals surface area contributed by atoms with E-state index in [1.165, 1.54) is 0 Å². The fraction of sp³-hybridized carbons (Fsp3) is 0.0476. The van der Waals surface area contributed by atoms with Gasteiger partial charge in [0.2, 0.25) is 10.0 Å². The van der Waals surface area contributed by atoms with Gasteiger partial charge in [0.05, 0.1) is 11.8 Å². The van der Waals surface area contributed by atoms with Crippen LogP contribution in [-0.4, -0.2) is 24.6 Å². The van der Waals surface area contributed by atoms with Gasteiger partial charge >= 0.3 is 0 Å². The van der Waals surface area contributed by atoms with E-state index < -0.39 is 10.0 Å². The Morgan fingerprint density at radius 1 is 0.857 bits per heavy atom. The van der Waals surface area contributed by atoms with Gasteiger partial charge in [-0.1, -0.05) is 18.2 Å². The quantitative estimate of drug-likeness (QED) is 0.527. The summed E-state index contributed by atoms with van der Waals surface area (Å²) in [6, 6.07) is 19.0. The van der Waals surface area contributed by atoms with E-state index in [-0.39, 0.29) is 0 Å². The summed E-state index contributed by atoms with van der Waals surface area (Å²) in [4.78, 5) is 8.62. The molecule has 0 fully saturated rings. The molecule has 6 nitrogen and oxygen atoms in total. The first kappa shape index (κ1) is 17.9. The number of hydrogen-bond acceptors (Lipinski definition) is 5. The third kappa shape index (κ3) is 4.10. The number of nitrogens with zero attached hydrogens (tertiary/aromatic N) is 2. The average Bonchev–Trinajstić information content (AvgIpc) is 2.68. The second-order valence-corrected chi connectivity index (χ2v) is 8.16. The lowest BCUT2D eigenvalue weighted by Crippen LogP contribution is -2.09. The summed E-state index contributed by atoms with van der Waals surface area (Å²) >= 11 is 0. The molecule has 0 aliphatic carbocycles. The lowest BCUT2D eigenvalue weighted by molar-refractivity contribution is 0.607. The normalized spacial score (nSPS) is 11.3. The summed E-state index contributed by atoms with van der Waals surface area (Å²) in [6.45, 7) is 0. The molecule has 4 aromatic rings. The number of nitrogens with one attached hydrogen (secondary N) is 2. The van der Waals surface area contributed by atoms with Crippen molar-refractivity contribution >= 4 is 38.0 Å². The van der Waals surface area contributed by atoms with Gasteiger partial charge in [-0.3, -0.25) is 14.7 Å². The minimum Gasteiger partial charge on any atom is -0.355 e. The van der Waals surface area contributed by atoms with Crippen molar-refractivity contribution in [3.05, 3.63) is 79.3 Å². The monoisotopic (exact) mass is 390 g/mol. The topological polar surface area (TPSA) is 84.0 Å². The van der Waals surface area contributed by atoms with E-state index in [0.29, 0.717) is 5.69 Å². The van der Waals surface area contributed by atoms with Crippen LogP contribution in [0.25, 0.3) is 22.0 Å². The minimum atomic E-state index is -3.29. The number of aromatic nitrogens is 2. The van der Waals surface area contributed by atoms with Crippen molar-refractivity contribution in [1.29, 1.82) is 0 Å². The number of rotatable bonds is 5. The number of sulfonamides is 1. The maximum absolute atomic E-state index is 11.4. The molecule has 0 saturated carbocycles. The number of anilines is 3. The Hall–Kier alpha value is -3.45. The summed E-state index contributed by atoms with van der Waals surface area (Å²) in [6.07, 6.45) is 6.43. The van der Waals surface area contributed by atoms with Crippen LogP contribution in [0.2, 0.25) is 0 Å². The molecule has 2 N–H and O–H groups in total. The van der Waals surface area contributed by atoms with Gasteiger partial charge < -0.3 is 5.32 Å². The molecule has 0 atom stereocenters. The molecule has 0 unspecified atom stereocenters. The molecule has 0 saturated heterocycles. The largest absolute Gasteiger partial charge is 0.355 e. The Bertz CT molecular complexity index is 1220. The predicted octanol–water partition coefficient (Wildman–Crippen LogP) is 4.41. The van der Waals surface area contributed by atoms with E-state index in [1.54, 1.807) is 24.5 Å². The van der Waals surface area contributed by atoms with Crippen molar-refractivity contribution in [2.75, 3.05) is 16.3 Å². The second kappa shape index (κ2) is 7.28. The van der Waals surface area contributed by atoms with Crippen LogP contribution >= 0.6 is 0 Å². The van der Waals surface area contributed by atoms with Gasteiger partial charge in [0.25, 0.3) is 0 Å². The smallest absolute Gasteiger partial charge is 0.229 e. The number of hydrogen-bond donors (Lipinski definition) is 2. The SMILES string of the molecule is CS(=O)(=O)Nc1ccc(-c2cnc3cccc(Nc4ccncc4)c3c2)cc1. The van der Waals surface area contributed by atoms with Crippen LogP contribution in [0.3, 0.4) is 0 Å². The minimum absolute atomic E-state index is 0.528. The van der Waals surface area contributed by atoms with E-state index in [2.05, 4.69) is 26.1 Å². The van der Waals surface area contributed by atoms with Crippen molar-refractivity contribution in [2.45, 2.75) is 0 Å². The summed E-state index contributed by atoms with van der Waals surface area (Å²) in [5.74, 6) is 0. The fourth-order valence-corrected chi connectivity index (χ4v) is 3.52. The van der Waals surface area contributed by atoms with E-state index in [1.807, 2.05) is 48.7 Å². The molecule has 2 aromatic carbocycles. The highest BCUT2D eigenvalue weighted by atomic mass is 32.2. The fourth-order valence-electron chi connectivity index (χ4n) is 2.95. The van der Waals surface area contributed by atoms with E-state index >= 15 is 0 Å². The molecular formula is C21H18N4O2S. The number of pyridine rings is 2. The molecule has 140 valence electrons. The Kier molecular flexibility index (Phi) is 4.67. The third-order valence-corrected chi connectivity index (χ3v) is 4.81. The standard InChI is InChI=1S/C21H18N4O2S/c1-28(26,27)25-18-7-5-15(6-8-18)16-13-19-20(23-14-16)3-2-4-21(19)24-17-9-11-22-12-10-17/h2-14,25H,1H3,(H,22,24). The van der Waals surface area contributed by atoms with Gasteiger partial charge in [-0.15, -0.1) is 0 Å². The maximum atomic E-state index is 11.4. The van der Waals surface area contributed by atoms with Gasteiger partial charge in [-0.2, -0.15) is 0 Å². The van der Waals surface area contributed by atoms with Crippen LogP contribution in [0.4, 0.5) is 17.1 Å². The molecule has 0 aliphatic rings. The molecule has 4 rings (SSSR count). The van der Waals surface area contributed by atoms with Crippen molar-refractivity contribution in [2.24, 2.45) is 0 Å². The van der Waals surface area contributed by atoms with Crippen molar-refractivity contribution in [1.82, 2.24) is 9.97 Å². The van der Waals surface area contributed by atoms with Crippen LogP contribution < -0.4 is 10.0 Å².